The van der Waals surface area contributed by atoms with Crippen LogP contribution in [0.25, 0.3) is 20.9 Å². The Hall–Kier alpha value is -1.38. The highest BCUT2D eigenvalue weighted by Gasteiger charge is 2.10. The largest absolute Gasteiger partial charge is 0.118 e. The average Bonchev–Trinajstić information content (AvgIpc) is 2.03. The minimum Gasteiger partial charge on any atom is -0.0843 e. The van der Waals surface area contributed by atoms with E-state index in [4.69, 9.17) is 11.1 Å². The molecule has 11 heavy (non-hydrogen) atoms. The summed E-state index contributed by atoms with van der Waals surface area (Å²) < 4.78 is 0. The molecule has 0 aliphatic rings. The van der Waals surface area contributed by atoms with Gasteiger partial charge in [0.1, 0.15) is 6.17 Å². The molecule has 0 saturated heterocycles. The van der Waals surface area contributed by atoms with E-state index >= 15 is 0 Å². The lowest BCUT2D eigenvalue weighted by Gasteiger charge is -2.10. The molecule has 0 aliphatic heterocycles. The third-order valence-corrected chi connectivity index (χ3v) is 1.49. The SMILES string of the molecule is CCC(C)C(N=[N+]=[N-])N=[N+]=[N-]. The first-order valence-electron chi connectivity index (χ1n) is 3.34. The second-order valence-electron chi connectivity index (χ2n) is 2.21. The third kappa shape index (κ3) is 3.35. The number of azide groups is 1. The molecule has 0 N–H and O–H groups in total. The predicted molar refractivity (Wildman–Crippen MR) is 41.5 cm³/mol. The van der Waals surface area contributed by atoms with Gasteiger partial charge < -0.3 is 0 Å². The highest BCUT2D eigenvalue weighted by molar-refractivity contribution is 4.70. The highest BCUT2D eigenvalue weighted by atomic mass is 15.3. The van der Waals surface area contributed by atoms with Gasteiger partial charge in [0, 0.05) is 9.82 Å². The molecule has 0 radical (unpaired) electrons. The van der Waals surface area contributed by atoms with Crippen molar-refractivity contribution in [3.8, 4) is 0 Å². The lowest BCUT2D eigenvalue weighted by molar-refractivity contribution is 0.451. The molecule has 6 heteroatoms. The van der Waals surface area contributed by atoms with Gasteiger partial charge in [-0.3, -0.25) is 0 Å². The van der Waals surface area contributed by atoms with Crippen LogP contribution in [0.4, 0.5) is 0 Å². The molecular weight excluding hydrogens is 144 g/mol. The van der Waals surface area contributed by atoms with Crippen LogP contribution in [0.5, 0.6) is 0 Å². The van der Waals surface area contributed by atoms with Gasteiger partial charge in [-0.1, -0.05) is 30.5 Å². The molecule has 6 nitrogen and oxygen atoms in total. The molecule has 1 unspecified atom stereocenters. The second-order valence-corrected chi connectivity index (χ2v) is 2.21. The molecule has 0 aliphatic carbocycles. The first kappa shape index (κ1) is 9.62. The number of rotatable bonds is 4. The van der Waals surface area contributed by atoms with Crippen LogP contribution in [-0.4, -0.2) is 6.17 Å². The lowest BCUT2D eigenvalue weighted by Crippen LogP contribution is -2.10. The van der Waals surface area contributed by atoms with Gasteiger partial charge in [-0.15, -0.1) is 0 Å². The van der Waals surface area contributed by atoms with Gasteiger partial charge >= 0.3 is 0 Å². The Bertz CT molecular complexity index is 181. The van der Waals surface area contributed by atoms with Crippen LogP contribution < -0.4 is 0 Å². The zero-order chi connectivity index (χ0) is 8.69. The zero-order valence-electron chi connectivity index (χ0n) is 6.55. The quantitative estimate of drug-likeness (QED) is 0.338. The van der Waals surface area contributed by atoms with Crippen molar-refractivity contribution >= 4 is 0 Å². The summed E-state index contributed by atoms with van der Waals surface area (Å²) >= 11 is 0. The van der Waals surface area contributed by atoms with Crippen molar-refractivity contribution in [3.63, 3.8) is 0 Å². The lowest BCUT2D eigenvalue weighted by atomic mass is 10.1. The fourth-order valence-electron chi connectivity index (χ4n) is 0.567. The molecule has 0 rings (SSSR count). The van der Waals surface area contributed by atoms with Crippen molar-refractivity contribution in [1.82, 2.24) is 0 Å². The molecule has 0 bridgehead atoms. The molecule has 0 spiro atoms. The van der Waals surface area contributed by atoms with E-state index in [1.807, 2.05) is 13.8 Å². The Labute approximate surface area is 64.5 Å². The summed E-state index contributed by atoms with van der Waals surface area (Å²) in [5.74, 6) is 0.0989. The molecule has 0 aromatic carbocycles. The van der Waals surface area contributed by atoms with Crippen LogP contribution in [0.1, 0.15) is 20.3 Å². The number of hydrogen-bond acceptors (Lipinski definition) is 2. The second kappa shape index (κ2) is 5.41. The molecule has 60 valence electrons. The molecule has 0 saturated carbocycles. The molecule has 0 amide bonds. The van der Waals surface area contributed by atoms with Crippen molar-refractivity contribution in [2.24, 2.45) is 16.1 Å². The Morgan fingerprint density at radius 1 is 1.27 bits per heavy atom. The van der Waals surface area contributed by atoms with Gasteiger partial charge in [-0.25, -0.2) is 0 Å². The predicted octanol–water partition coefficient (Wildman–Crippen LogP) is 2.98. The molecule has 1 atom stereocenters. The standard InChI is InChI=1S/C5H10N6/c1-3-4(2)5(8-10-6)9-11-7/h4-5H,3H2,1-2H3. The molecule has 0 aromatic rings. The van der Waals surface area contributed by atoms with Crippen LogP contribution in [0.2, 0.25) is 0 Å². The van der Waals surface area contributed by atoms with Crippen LogP contribution >= 0.6 is 0 Å². The average molecular weight is 154 g/mol. The monoisotopic (exact) mass is 154 g/mol. The van der Waals surface area contributed by atoms with Crippen molar-refractivity contribution in [1.29, 1.82) is 0 Å². The third-order valence-electron chi connectivity index (χ3n) is 1.49. The van der Waals surface area contributed by atoms with E-state index in [9.17, 15) is 0 Å². The number of hydrogen-bond donors (Lipinski definition) is 0. The summed E-state index contributed by atoms with van der Waals surface area (Å²) in [7, 11) is 0. The summed E-state index contributed by atoms with van der Waals surface area (Å²) in [5.41, 5.74) is 16.2. The van der Waals surface area contributed by atoms with Gasteiger partial charge in [-0.05, 0) is 17.0 Å². The first-order chi connectivity index (χ1) is 5.26. The summed E-state index contributed by atoms with van der Waals surface area (Å²) in [6.07, 6.45) is 0.234. The van der Waals surface area contributed by atoms with Gasteiger partial charge in [0.2, 0.25) is 0 Å². The van der Waals surface area contributed by atoms with E-state index in [-0.39, 0.29) is 5.92 Å². The molecule has 0 fully saturated rings. The van der Waals surface area contributed by atoms with E-state index in [1.165, 1.54) is 0 Å². The minimum atomic E-state index is -0.588. The summed E-state index contributed by atoms with van der Waals surface area (Å²) in [5, 5.41) is 6.69. The fraction of sp³-hybridized carbons (Fsp3) is 1.00. The summed E-state index contributed by atoms with van der Waals surface area (Å²) in [6.45, 7) is 3.81. The van der Waals surface area contributed by atoms with E-state index in [0.717, 1.165) is 6.42 Å². The topological polar surface area (TPSA) is 97.5 Å². The molecule has 0 aromatic heterocycles. The summed E-state index contributed by atoms with van der Waals surface area (Å²) in [4.78, 5) is 5.17. The van der Waals surface area contributed by atoms with Gasteiger partial charge in [0.15, 0.2) is 0 Å². The number of nitrogens with zero attached hydrogens (tertiary/aromatic N) is 6. The maximum Gasteiger partial charge on any atom is 0.118 e. The van der Waals surface area contributed by atoms with Crippen LogP contribution in [0, 0.1) is 5.92 Å². The smallest absolute Gasteiger partial charge is 0.0843 e. The van der Waals surface area contributed by atoms with Crippen LogP contribution in [0.3, 0.4) is 0 Å². The van der Waals surface area contributed by atoms with Gasteiger partial charge in [0.05, 0.1) is 0 Å². The van der Waals surface area contributed by atoms with Crippen molar-refractivity contribution < 1.29 is 0 Å². The Balaban J connectivity index is 4.31. The Morgan fingerprint density at radius 3 is 2.00 bits per heavy atom. The van der Waals surface area contributed by atoms with E-state index in [1.54, 1.807) is 0 Å². The molecular formula is C5H10N6. The van der Waals surface area contributed by atoms with Gasteiger partial charge in [-0.2, -0.15) is 0 Å². The Morgan fingerprint density at radius 2 is 1.73 bits per heavy atom. The maximum atomic E-state index is 8.08. The zero-order valence-corrected chi connectivity index (χ0v) is 6.55. The highest BCUT2D eigenvalue weighted by Crippen LogP contribution is 2.12. The van der Waals surface area contributed by atoms with E-state index < -0.39 is 6.17 Å². The van der Waals surface area contributed by atoms with Crippen molar-refractivity contribution in [2.75, 3.05) is 0 Å². The van der Waals surface area contributed by atoms with Crippen LogP contribution in [0.15, 0.2) is 10.2 Å². The fourth-order valence-corrected chi connectivity index (χ4v) is 0.567. The first-order valence-corrected chi connectivity index (χ1v) is 3.34. The van der Waals surface area contributed by atoms with E-state index in [2.05, 4.69) is 20.1 Å². The van der Waals surface area contributed by atoms with Gasteiger partial charge in [0.25, 0.3) is 0 Å². The normalized spacial score (nSPS) is 14.0. The minimum absolute atomic E-state index is 0.0989. The maximum absolute atomic E-state index is 8.08. The molecule has 0 heterocycles. The van der Waals surface area contributed by atoms with Crippen molar-refractivity contribution in [3.05, 3.63) is 20.9 Å². The van der Waals surface area contributed by atoms with Crippen LogP contribution in [-0.2, 0) is 0 Å². The summed E-state index contributed by atoms with van der Waals surface area (Å²) in [6, 6.07) is 0. The Kier molecular flexibility index (Phi) is 4.73. The van der Waals surface area contributed by atoms with Crippen molar-refractivity contribution in [2.45, 2.75) is 26.4 Å². The van der Waals surface area contributed by atoms with E-state index in [0.29, 0.717) is 0 Å².